The molecule has 0 amide bonds. The van der Waals surface area contributed by atoms with Gasteiger partial charge in [-0.05, 0) is 18.6 Å². The van der Waals surface area contributed by atoms with Crippen molar-refractivity contribution in [2.45, 2.75) is 19.9 Å². The molecular weight excluding hydrogens is 226 g/mol. The lowest BCUT2D eigenvalue weighted by atomic mass is 10.3. The Balaban J connectivity index is 2.34. The van der Waals surface area contributed by atoms with E-state index in [-0.39, 0.29) is 0 Å². The van der Waals surface area contributed by atoms with Crippen LogP contribution in [0.4, 0.5) is 0 Å². The number of nitrogens with zero attached hydrogens (tertiary/aromatic N) is 3. The van der Waals surface area contributed by atoms with Crippen molar-refractivity contribution in [2.75, 3.05) is 0 Å². The molecule has 1 N–H and O–H groups in total. The zero-order valence-electron chi connectivity index (χ0n) is 8.75. The molecule has 2 heterocycles. The molecule has 0 atom stereocenters. The summed E-state index contributed by atoms with van der Waals surface area (Å²) in [7, 11) is 0. The van der Waals surface area contributed by atoms with Crippen LogP contribution < -0.4 is 0 Å². The van der Waals surface area contributed by atoms with Crippen LogP contribution in [-0.4, -0.2) is 26.1 Å². The third-order valence-electron chi connectivity index (χ3n) is 2.12. The number of carboxylic acids is 1. The molecule has 5 nitrogen and oxygen atoms in total. The molecule has 2 aromatic rings. The average molecular weight is 237 g/mol. The van der Waals surface area contributed by atoms with E-state index < -0.39 is 5.97 Å². The SMILES string of the molecule is CCCn1nncc1-c1ccc(C(=O)O)s1. The minimum atomic E-state index is -0.897. The molecule has 84 valence electrons. The van der Waals surface area contributed by atoms with Gasteiger partial charge in [-0.15, -0.1) is 16.4 Å². The number of aromatic nitrogens is 3. The third kappa shape index (κ3) is 1.96. The van der Waals surface area contributed by atoms with Gasteiger partial charge in [0.2, 0.25) is 0 Å². The van der Waals surface area contributed by atoms with Crippen LogP contribution in [0.1, 0.15) is 23.0 Å². The van der Waals surface area contributed by atoms with Crippen molar-refractivity contribution in [1.29, 1.82) is 0 Å². The Labute approximate surface area is 96.3 Å². The summed E-state index contributed by atoms with van der Waals surface area (Å²) in [5.41, 5.74) is 0.874. The Morgan fingerprint density at radius 3 is 3.00 bits per heavy atom. The normalized spacial score (nSPS) is 10.6. The minimum Gasteiger partial charge on any atom is -0.477 e. The zero-order valence-corrected chi connectivity index (χ0v) is 9.57. The van der Waals surface area contributed by atoms with E-state index in [0.717, 1.165) is 23.5 Å². The van der Waals surface area contributed by atoms with Gasteiger partial charge in [-0.25, -0.2) is 9.48 Å². The number of carbonyl (C=O) groups is 1. The van der Waals surface area contributed by atoms with Crippen LogP contribution in [0.15, 0.2) is 18.3 Å². The van der Waals surface area contributed by atoms with Gasteiger partial charge in [0, 0.05) is 6.54 Å². The zero-order chi connectivity index (χ0) is 11.5. The average Bonchev–Trinajstić information content (AvgIpc) is 2.84. The highest BCUT2D eigenvalue weighted by atomic mass is 32.1. The van der Waals surface area contributed by atoms with Gasteiger partial charge in [0.25, 0.3) is 0 Å². The third-order valence-corrected chi connectivity index (χ3v) is 3.22. The Bertz CT molecular complexity index is 504. The number of aromatic carboxylic acids is 1. The second kappa shape index (κ2) is 4.44. The molecule has 0 fully saturated rings. The summed E-state index contributed by atoms with van der Waals surface area (Å²) in [4.78, 5) is 12.0. The number of hydrogen-bond acceptors (Lipinski definition) is 4. The highest BCUT2D eigenvalue weighted by Gasteiger charge is 2.12. The molecule has 0 spiro atoms. The number of thiophene rings is 1. The minimum absolute atomic E-state index is 0.333. The Morgan fingerprint density at radius 1 is 1.56 bits per heavy atom. The molecule has 6 heteroatoms. The van der Waals surface area contributed by atoms with Crippen LogP contribution in [-0.2, 0) is 6.54 Å². The van der Waals surface area contributed by atoms with Crippen LogP contribution in [0.3, 0.4) is 0 Å². The maximum atomic E-state index is 10.8. The lowest BCUT2D eigenvalue weighted by Gasteiger charge is -2.01. The van der Waals surface area contributed by atoms with Crippen molar-refractivity contribution in [3.05, 3.63) is 23.2 Å². The van der Waals surface area contributed by atoms with Gasteiger partial charge in [-0.1, -0.05) is 12.1 Å². The van der Waals surface area contributed by atoms with Gasteiger partial charge < -0.3 is 5.11 Å². The van der Waals surface area contributed by atoms with Crippen molar-refractivity contribution < 1.29 is 9.90 Å². The molecule has 0 aliphatic carbocycles. The molecule has 2 rings (SSSR count). The fourth-order valence-corrected chi connectivity index (χ4v) is 2.27. The smallest absolute Gasteiger partial charge is 0.345 e. The van der Waals surface area contributed by atoms with E-state index in [1.54, 1.807) is 23.0 Å². The van der Waals surface area contributed by atoms with Gasteiger partial charge in [0.15, 0.2) is 0 Å². The van der Waals surface area contributed by atoms with Crippen molar-refractivity contribution in [2.24, 2.45) is 0 Å². The van der Waals surface area contributed by atoms with Crippen LogP contribution in [0.5, 0.6) is 0 Å². The van der Waals surface area contributed by atoms with E-state index in [4.69, 9.17) is 5.11 Å². The van der Waals surface area contributed by atoms with E-state index >= 15 is 0 Å². The van der Waals surface area contributed by atoms with Crippen LogP contribution in [0.25, 0.3) is 10.6 Å². The summed E-state index contributed by atoms with van der Waals surface area (Å²) in [6.45, 7) is 2.85. The Hall–Kier alpha value is -1.69. The lowest BCUT2D eigenvalue weighted by Crippen LogP contribution is -2.00. The van der Waals surface area contributed by atoms with Crippen LogP contribution in [0.2, 0.25) is 0 Å². The van der Waals surface area contributed by atoms with Gasteiger partial charge in [0.05, 0.1) is 16.8 Å². The quantitative estimate of drug-likeness (QED) is 0.884. The van der Waals surface area contributed by atoms with Gasteiger partial charge >= 0.3 is 5.97 Å². The van der Waals surface area contributed by atoms with Gasteiger partial charge in [0.1, 0.15) is 4.88 Å². The van der Waals surface area contributed by atoms with E-state index in [1.807, 2.05) is 0 Å². The summed E-state index contributed by atoms with van der Waals surface area (Å²) in [5.74, 6) is -0.897. The summed E-state index contributed by atoms with van der Waals surface area (Å²) in [5, 5.41) is 16.6. The van der Waals surface area contributed by atoms with E-state index in [2.05, 4.69) is 17.2 Å². The molecule has 0 unspecified atom stereocenters. The Morgan fingerprint density at radius 2 is 2.38 bits per heavy atom. The molecule has 0 aliphatic heterocycles. The largest absolute Gasteiger partial charge is 0.477 e. The molecule has 0 bridgehead atoms. The van der Waals surface area contributed by atoms with Crippen molar-refractivity contribution >= 4 is 17.3 Å². The predicted octanol–water partition coefficient (Wildman–Crippen LogP) is 2.11. The van der Waals surface area contributed by atoms with Crippen LogP contribution >= 0.6 is 11.3 Å². The van der Waals surface area contributed by atoms with Crippen molar-refractivity contribution in [3.63, 3.8) is 0 Å². The highest BCUT2D eigenvalue weighted by Crippen LogP contribution is 2.27. The first-order valence-electron chi connectivity index (χ1n) is 4.94. The maximum Gasteiger partial charge on any atom is 0.345 e. The summed E-state index contributed by atoms with van der Waals surface area (Å²) >= 11 is 1.24. The molecule has 0 saturated carbocycles. The molecule has 0 radical (unpaired) electrons. The molecule has 2 aromatic heterocycles. The standard InChI is InChI=1S/C10H11N3O2S/c1-2-5-13-7(6-11-12-13)8-3-4-9(16-8)10(14)15/h3-4,6H,2,5H2,1H3,(H,14,15). The number of rotatable bonds is 4. The molecule has 16 heavy (non-hydrogen) atoms. The first-order valence-corrected chi connectivity index (χ1v) is 5.76. The van der Waals surface area contributed by atoms with Crippen molar-refractivity contribution in [1.82, 2.24) is 15.0 Å². The van der Waals surface area contributed by atoms with Crippen molar-refractivity contribution in [3.8, 4) is 10.6 Å². The first kappa shape index (κ1) is 10.8. The van der Waals surface area contributed by atoms with Gasteiger partial charge in [-0.2, -0.15) is 0 Å². The number of aryl methyl sites for hydroxylation is 1. The topological polar surface area (TPSA) is 68.0 Å². The molecule has 0 saturated heterocycles. The summed E-state index contributed by atoms with van der Waals surface area (Å²) in [6, 6.07) is 3.39. The molecule has 0 aromatic carbocycles. The highest BCUT2D eigenvalue weighted by molar-refractivity contribution is 7.17. The van der Waals surface area contributed by atoms with E-state index in [9.17, 15) is 4.79 Å². The van der Waals surface area contributed by atoms with Crippen LogP contribution in [0, 0.1) is 0 Å². The summed E-state index contributed by atoms with van der Waals surface area (Å²) in [6.07, 6.45) is 2.63. The number of carboxylic acid groups (broad SMARTS) is 1. The second-order valence-corrected chi connectivity index (χ2v) is 4.40. The monoisotopic (exact) mass is 237 g/mol. The lowest BCUT2D eigenvalue weighted by molar-refractivity contribution is 0.0702. The van der Waals surface area contributed by atoms with E-state index in [0.29, 0.717) is 4.88 Å². The predicted molar refractivity (Wildman–Crippen MR) is 60.6 cm³/mol. The maximum absolute atomic E-state index is 10.8. The first-order chi connectivity index (χ1) is 7.72. The fraction of sp³-hybridized carbons (Fsp3) is 0.300. The molecule has 0 aliphatic rings. The van der Waals surface area contributed by atoms with Gasteiger partial charge in [-0.3, -0.25) is 0 Å². The summed E-state index contributed by atoms with van der Waals surface area (Å²) < 4.78 is 1.79. The Kier molecular flexibility index (Phi) is 3.00. The van der Waals surface area contributed by atoms with E-state index in [1.165, 1.54) is 11.3 Å². The number of hydrogen-bond donors (Lipinski definition) is 1. The molecular formula is C10H11N3O2S. The fourth-order valence-electron chi connectivity index (χ4n) is 1.42. The second-order valence-electron chi connectivity index (χ2n) is 3.31.